The van der Waals surface area contributed by atoms with Crippen LogP contribution in [0.15, 0.2) is 42.5 Å². The Morgan fingerprint density at radius 2 is 1.84 bits per heavy atom. The predicted octanol–water partition coefficient (Wildman–Crippen LogP) is 7.85. The van der Waals surface area contributed by atoms with Crippen LogP contribution in [0.3, 0.4) is 0 Å². The van der Waals surface area contributed by atoms with Gasteiger partial charge in [-0.2, -0.15) is 0 Å². The van der Waals surface area contributed by atoms with Gasteiger partial charge in [0.25, 0.3) is 0 Å². The SMILES string of the molecule is CCOc1ccc2c(-c3nc(C)c(C)s3)c(-c3ccc(NC(=O)NC4CCC4)cc3)n(C3CCC3)c2c1. The van der Waals surface area contributed by atoms with E-state index in [4.69, 9.17) is 9.72 Å². The lowest BCUT2D eigenvalue weighted by Crippen LogP contribution is -2.41. The van der Waals surface area contributed by atoms with Gasteiger partial charge in [0.05, 0.1) is 23.5 Å². The van der Waals surface area contributed by atoms with E-state index in [9.17, 15) is 4.79 Å². The average Bonchev–Trinajstić information content (AvgIpc) is 3.32. The minimum Gasteiger partial charge on any atom is -0.494 e. The van der Waals surface area contributed by atoms with Gasteiger partial charge in [-0.15, -0.1) is 11.3 Å². The van der Waals surface area contributed by atoms with Crippen LogP contribution >= 0.6 is 11.3 Å². The maximum absolute atomic E-state index is 12.4. The zero-order valence-electron chi connectivity index (χ0n) is 21.8. The summed E-state index contributed by atoms with van der Waals surface area (Å²) in [7, 11) is 0. The van der Waals surface area contributed by atoms with Crippen LogP contribution in [0.1, 0.15) is 62.1 Å². The standard InChI is InChI=1S/C30H34N4O2S/c1-4-36-24-15-16-25-26(17-24)34(23-9-6-10-23)28(27(25)29-31-18(2)19(3)37-29)20-11-13-22(14-12-20)33-30(35)32-21-7-5-8-21/h11-17,21,23H,4-10H2,1-3H3,(H2,32,33,35). The lowest BCUT2D eigenvalue weighted by atomic mass is 9.92. The number of hydrogen-bond acceptors (Lipinski definition) is 4. The van der Waals surface area contributed by atoms with Gasteiger partial charge in [-0.25, -0.2) is 9.78 Å². The van der Waals surface area contributed by atoms with Crippen LogP contribution in [-0.4, -0.2) is 28.2 Å². The monoisotopic (exact) mass is 514 g/mol. The molecule has 192 valence electrons. The fourth-order valence-corrected chi connectivity index (χ4v) is 6.24. The molecule has 0 aliphatic heterocycles. The van der Waals surface area contributed by atoms with Crippen molar-refractivity contribution in [2.24, 2.45) is 0 Å². The lowest BCUT2D eigenvalue weighted by Gasteiger charge is -2.30. The zero-order chi connectivity index (χ0) is 25.5. The molecule has 0 bridgehead atoms. The molecule has 2 N–H and O–H groups in total. The predicted molar refractivity (Wildman–Crippen MR) is 152 cm³/mol. The molecule has 7 heteroatoms. The maximum atomic E-state index is 12.4. The van der Waals surface area contributed by atoms with Crippen molar-refractivity contribution in [3.63, 3.8) is 0 Å². The molecule has 2 aromatic carbocycles. The highest BCUT2D eigenvalue weighted by Crippen LogP contribution is 2.48. The molecule has 2 aliphatic rings. The van der Waals surface area contributed by atoms with E-state index >= 15 is 0 Å². The van der Waals surface area contributed by atoms with Crippen LogP contribution in [0.5, 0.6) is 5.75 Å². The molecule has 4 aromatic rings. The van der Waals surface area contributed by atoms with Crippen molar-refractivity contribution in [3.8, 4) is 27.6 Å². The molecule has 0 radical (unpaired) electrons. The summed E-state index contributed by atoms with van der Waals surface area (Å²) in [6, 6.07) is 15.4. The molecule has 2 aliphatic carbocycles. The highest BCUT2D eigenvalue weighted by molar-refractivity contribution is 7.15. The number of carbonyl (C=O) groups is 1. The summed E-state index contributed by atoms with van der Waals surface area (Å²) in [5.41, 5.74) is 6.60. The van der Waals surface area contributed by atoms with Gasteiger partial charge in [0.1, 0.15) is 10.8 Å². The Labute approximate surface area is 222 Å². The van der Waals surface area contributed by atoms with Gasteiger partial charge in [-0.3, -0.25) is 0 Å². The number of aryl methyl sites for hydroxylation is 2. The number of anilines is 1. The number of thiazole rings is 1. The Morgan fingerprint density at radius 1 is 1.08 bits per heavy atom. The Hall–Kier alpha value is -3.32. The summed E-state index contributed by atoms with van der Waals surface area (Å²) in [5.74, 6) is 0.898. The van der Waals surface area contributed by atoms with Gasteiger partial charge < -0.3 is 19.9 Å². The van der Waals surface area contributed by atoms with E-state index in [1.54, 1.807) is 11.3 Å². The number of fused-ring (bicyclic) bond motifs is 1. The molecule has 0 saturated heterocycles. The molecule has 37 heavy (non-hydrogen) atoms. The van der Waals surface area contributed by atoms with E-state index in [0.717, 1.165) is 40.5 Å². The van der Waals surface area contributed by atoms with Crippen molar-refractivity contribution >= 4 is 34.0 Å². The van der Waals surface area contributed by atoms with E-state index in [1.807, 2.05) is 19.1 Å². The number of ether oxygens (including phenoxy) is 1. The first-order valence-electron chi connectivity index (χ1n) is 13.4. The van der Waals surface area contributed by atoms with E-state index in [2.05, 4.69) is 59.4 Å². The summed E-state index contributed by atoms with van der Waals surface area (Å²) in [5, 5.41) is 8.31. The van der Waals surface area contributed by atoms with Gasteiger partial charge in [-0.1, -0.05) is 12.1 Å². The van der Waals surface area contributed by atoms with Crippen LogP contribution in [0.25, 0.3) is 32.7 Å². The molecule has 6 rings (SSSR count). The molecule has 2 amide bonds. The quantitative estimate of drug-likeness (QED) is 0.264. The van der Waals surface area contributed by atoms with Gasteiger partial charge in [0, 0.05) is 39.7 Å². The molecule has 0 atom stereocenters. The van der Waals surface area contributed by atoms with Crippen molar-refractivity contribution in [1.82, 2.24) is 14.9 Å². The normalized spacial score (nSPS) is 15.9. The number of urea groups is 1. The number of benzene rings is 2. The highest BCUT2D eigenvalue weighted by atomic mass is 32.1. The molecular formula is C30H34N4O2S. The van der Waals surface area contributed by atoms with Crippen molar-refractivity contribution in [1.29, 1.82) is 0 Å². The first kappa shape index (κ1) is 24.0. The van der Waals surface area contributed by atoms with E-state index < -0.39 is 0 Å². The van der Waals surface area contributed by atoms with Crippen molar-refractivity contribution in [2.45, 2.75) is 71.4 Å². The van der Waals surface area contributed by atoms with Gasteiger partial charge >= 0.3 is 6.03 Å². The number of nitrogens with one attached hydrogen (secondary N) is 2. The fraction of sp³-hybridized carbons (Fsp3) is 0.400. The molecule has 6 nitrogen and oxygen atoms in total. The van der Waals surface area contributed by atoms with Crippen molar-refractivity contribution in [2.75, 3.05) is 11.9 Å². The average molecular weight is 515 g/mol. The minimum absolute atomic E-state index is 0.126. The molecule has 0 unspecified atom stereocenters. The molecule has 2 aromatic heterocycles. The summed E-state index contributed by atoms with van der Waals surface area (Å²) in [4.78, 5) is 18.6. The van der Waals surface area contributed by atoms with Gasteiger partial charge in [0.15, 0.2) is 0 Å². The highest BCUT2D eigenvalue weighted by Gasteiger charge is 2.30. The molecule has 0 spiro atoms. The number of aromatic nitrogens is 2. The fourth-order valence-electron chi connectivity index (χ4n) is 5.27. The maximum Gasteiger partial charge on any atom is 0.319 e. The van der Waals surface area contributed by atoms with Crippen molar-refractivity contribution < 1.29 is 9.53 Å². The third kappa shape index (κ3) is 4.50. The Balaban J connectivity index is 1.46. The Bertz CT molecular complexity index is 1430. The molecule has 2 fully saturated rings. The van der Waals surface area contributed by atoms with Gasteiger partial charge in [-0.05, 0) is 89.1 Å². The third-order valence-electron chi connectivity index (χ3n) is 7.83. The second-order valence-corrected chi connectivity index (χ2v) is 11.5. The Kier molecular flexibility index (Phi) is 6.41. The van der Waals surface area contributed by atoms with Crippen LogP contribution in [-0.2, 0) is 0 Å². The van der Waals surface area contributed by atoms with E-state index in [0.29, 0.717) is 18.7 Å². The molecule has 2 saturated carbocycles. The third-order valence-corrected chi connectivity index (χ3v) is 8.92. The van der Waals surface area contributed by atoms with Crippen LogP contribution in [0.4, 0.5) is 10.5 Å². The summed E-state index contributed by atoms with van der Waals surface area (Å²) >= 11 is 1.76. The number of amides is 2. The summed E-state index contributed by atoms with van der Waals surface area (Å²) in [6.45, 7) is 6.89. The smallest absolute Gasteiger partial charge is 0.319 e. The second kappa shape index (κ2) is 9.86. The summed E-state index contributed by atoms with van der Waals surface area (Å²) < 4.78 is 8.43. The zero-order valence-corrected chi connectivity index (χ0v) is 22.6. The second-order valence-electron chi connectivity index (χ2n) is 10.3. The largest absolute Gasteiger partial charge is 0.494 e. The number of nitrogens with zero attached hydrogens (tertiary/aromatic N) is 2. The first-order valence-corrected chi connectivity index (χ1v) is 14.3. The van der Waals surface area contributed by atoms with E-state index in [-0.39, 0.29) is 6.03 Å². The first-order chi connectivity index (χ1) is 18.0. The Morgan fingerprint density at radius 3 is 2.43 bits per heavy atom. The summed E-state index contributed by atoms with van der Waals surface area (Å²) in [6.07, 6.45) is 6.93. The van der Waals surface area contributed by atoms with Crippen LogP contribution in [0.2, 0.25) is 0 Å². The van der Waals surface area contributed by atoms with E-state index in [1.165, 1.54) is 52.7 Å². The topological polar surface area (TPSA) is 68.2 Å². The van der Waals surface area contributed by atoms with Crippen LogP contribution in [0, 0.1) is 13.8 Å². The van der Waals surface area contributed by atoms with Crippen molar-refractivity contribution in [3.05, 3.63) is 53.0 Å². The number of rotatable bonds is 7. The van der Waals surface area contributed by atoms with Crippen LogP contribution < -0.4 is 15.4 Å². The molecule has 2 heterocycles. The molecular weight excluding hydrogens is 480 g/mol. The number of carbonyl (C=O) groups excluding carboxylic acids is 1. The van der Waals surface area contributed by atoms with Gasteiger partial charge in [0.2, 0.25) is 0 Å². The lowest BCUT2D eigenvalue weighted by molar-refractivity contribution is 0.240. The minimum atomic E-state index is -0.126. The number of hydrogen-bond donors (Lipinski definition) is 2.